The molecule has 0 unspecified atom stereocenters. The van der Waals surface area contributed by atoms with Crippen molar-refractivity contribution in [1.29, 1.82) is 0 Å². The molecule has 0 aliphatic rings. The van der Waals surface area contributed by atoms with Crippen LogP contribution in [0.5, 0.6) is 5.75 Å². The number of H-pyrrole nitrogens is 1. The molecule has 2 heterocycles. The molecular weight excluding hydrogens is 324 g/mol. The van der Waals surface area contributed by atoms with Crippen LogP contribution in [-0.4, -0.2) is 24.0 Å². The molecule has 3 rings (SSSR count). The highest BCUT2D eigenvalue weighted by Gasteiger charge is 2.20. The molecule has 0 saturated heterocycles. The van der Waals surface area contributed by atoms with Crippen LogP contribution >= 0.6 is 0 Å². The lowest BCUT2D eigenvalue weighted by atomic mass is 10.2. The number of benzene rings is 1. The van der Waals surface area contributed by atoms with E-state index in [0.29, 0.717) is 23.7 Å². The normalized spacial score (nSPS) is 11.4. The molecule has 0 saturated carbocycles. The van der Waals surface area contributed by atoms with Crippen LogP contribution < -0.4 is 4.74 Å². The van der Waals surface area contributed by atoms with Gasteiger partial charge in [-0.05, 0) is 31.2 Å². The van der Waals surface area contributed by atoms with Crippen molar-refractivity contribution in [2.75, 3.05) is 6.61 Å². The maximum absolute atomic E-state index is 12.9. The van der Waals surface area contributed by atoms with Gasteiger partial charge in [0.15, 0.2) is 0 Å². The van der Waals surface area contributed by atoms with Crippen LogP contribution in [0.25, 0.3) is 11.4 Å². The van der Waals surface area contributed by atoms with E-state index < -0.39 is 10.0 Å². The van der Waals surface area contributed by atoms with Gasteiger partial charge in [0.2, 0.25) is 0 Å². The summed E-state index contributed by atoms with van der Waals surface area (Å²) in [6.45, 7) is 5.91. The SMILES string of the molecule is C=CCOc1c[nH]c(-c2cccn2S(=O)(=O)c2ccc(C)cc2)c1. The number of rotatable bonds is 6. The third-order valence-corrected chi connectivity index (χ3v) is 5.30. The Labute approximate surface area is 141 Å². The molecule has 0 aliphatic carbocycles. The summed E-state index contributed by atoms with van der Waals surface area (Å²) in [4.78, 5) is 3.30. The van der Waals surface area contributed by atoms with Gasteiger partial charge in [0.1, 0.15) is 12.4 Å². The summed E-state index contributed by atoms with van der Waals surface area (Å²) in [5, 5.41) is 0. The molecule has 3 aromatic rings. The summed E-state index contributed by atoms with van der Waals surface area (Å²) in [6, 6.07) is 12.0. The van der Waals surface area contributed by atoms with E-state index in [1.54, 1.807) is 54.7 Å². The van der Waals surface area contributed by atoms with Crippen LogP contribution in [0.1, 0.15) is 5.56 Å². The minimum absolute atomic E-state index is 0.250. The summed E-state index contributed by atoms with van der Waals surface area (Å²) in [6.07, 6.45) is 4.88. The summed E-state index contributed by atoms with van der Waals surface area (Å²) < 4.78 is 32.5. The summed E-state index contributed by atoms with van der Waals surface area (Å²) in [5.74, 6) is 0.630. The number of aryl methyl sites for hydroxylation is 1. The zero-order chi connectivity index (χ0) is 17.2. The van der Waals surface area contributed by atoms with Gasteiger partial charge in [0.25, 0.3) is 10.0 Å². The number of aromatic nitrogens is 2. The highest BCUT2D eigenvalue weighted by molar-refractivity contribution is 7.90. The highest BCUT2D eigenvalue weighted by Crippen LogP contribution is 2.27. The van der Waals surface area contributed by atoms with Gasteiger partial charge >= 0.3 is 0 Å². The fourth-order valence-electron chi connectivity index (χ4n) is 2.37. The van der Waals surface area contributed by atoms with E-state index in [0.717, 1.165) is 5.56 Å². The van der Waals surface area contributed by atoms with Crippen molar-refractivity contribution >= 4 is 10.0 Å². The molecule has 0 fully saturated rings. The molecule has 1 aromatic carbocycles. The molecule has 0 radical (unpaired) electrons. The summed E-state index contributed by atoms with van der Waals surface area (Å²) >= 11 is 0. The number of ether oxygens (including phenoxy) is 1. The fraction of sp³-hybridized carbons (Fsp3) is 0.111. The molecule has 0 atom stereocenters. The number of hydrogen-bond acceptors (Lipinski definition) is 3. The second-order valence-corrected chi connectivity index (χ2v) is 7.17. The molecule has 0 spiro atoms. The van der Waals surface area contributed by atoms with Crippen molar-refractivity contribution in [3.05, 3.63) is 73.1 Å². The first-order valence-corrected chi connectivity index (χ1v) is 8.88. The van der Waals surface area contributed by atoms with Crippen LogP contribution in [0.15, 0.2) is 72.4 Å². The zero-order valence-electron chi connectivity index (χ0n) is 13.3. The first-order chi connectivity index (χ1) is 11.5. The van der Waals surface area contributed by atoms with Gasteiger partial charge in [-0.15, -0.1) is 0 Å². The maximum Gasteiger partial charge on any atom is 0.268 e. The maximum atomic E-state index is 12.9. The Balaban J connectivity index is 1.99. The number of nitrogens with one attached hydrogen (secondary N) is 1. The van der Waals surface area contributed by atoms with Crippen molar-refractivity contribution in [3.63, 3.8) is 0 Å². The van der Waals surface area contributed by atoms with E-state index in [-0.39, 0.29) is 4.90 Å². The lowest BCUT2D eigenvalue weighted by molar-refractivity contribution is 0.364. The van der Waals surface area contributed by atoms with Gasteiger partial charge in [-0.2, -0.15) is 0 Å². The van der Waals surface area contributed by atoms with Crippen LogP contribution in [0, 0.1) is 6.92 Å². The summed E-state index contributed by atoms with van der Waals surface area (Å²) in [7, 11) is -3.66. The molecule has 2 aromatic heterocycles. The van der Waals surface area contributed by atoms with Gasteiger partial charge in [-0.1, -0.05) is 30.4 Å². The Morgan fingerprint density at radius 3 is 2.71 bits per heavy atom. The molecule has 124 valence electrons. The fourth-order valence-corrected chi connectivity index (χ4v) is 3.72. The quantitative estimate of drug-likeness (QED) is 0.696. The predicted molar refractivity (Wildman–Crippen MR) is 93.7 cm³/mol. The first-order valence-electron chi connectivity index (χ1n) is 7.44. The van der Waals surface area contributed by atoms with Crippen molar-refractivity contribution in [2.45, 2.75) is 11.8 Å². The van der Waals surface area contributed by atoms with Crippen LogP contribution in [0.3, 0.4) is 0 Å². The Morgan fingerprint density at radius 2 is 2.00 bits per heavy atom. The van der Waals surface area contributed by atoms with Crippen molar-refractivity contribution in [3.8, 4) is 17.1 Å². The standard InChI is InChI=1S/C18H18N2O3S/c1-3-11-23-15-12-17(19-13-15)18-5-4-10-20(18)24(21,22)16-8-6-14(2)7-9-16/h3-10,12-13,19H,1,11H2,2H3. The predicted octanol–water partition coefficient (Wildman–Crippen LogP) is 3.59. The zero-order valence-corrected chi connectivity index (χ0v) is 14.1. The van der Waals surface area contributed by atoms with E-state index in [1.807, 2.05) is 6.92 Å². The minimum Gasteiger partial charge on any atom is -0.488 e. The largest absolute Gasteiger partial charge is 0.488 e. The topological polar surface area (TPSA) is 64.1 Å². The molecule has 1 N–H and O–H groups in total. The second kappa shape index (κ2) is 6.41. The summed E-state index contributed by atoms with van der Waals surface area (Å²) in [5.41, 5.74) is 2.22. The number of hydrogen-bond donors (Lipinski definition) is 1. The number of nitrogens with zero attached hydrogens (tertiary/aromatic N) is 1. The van der Waals surface area contributed by atoms with E-state index in [2.05, 4.69) is 11.6 Å². The average Bonchev–Trinajstić information content (AvgIpc) is 3.22. The molecule has 0 bridgehead atoms. The average molecular weight is 342 g/mol. The number of aromatic amines is 1. The third-order valence-electron chi connectivity index (χ3n) is 3.59. The second-order valence-electron chi connectivity index (χ2n) is 5.36. The van der Waals surface area contributed by atoms with Crippen LogP contribution in [0.2, 0.25) is 0 Å². The van der Waals surface area contributed by atoms with Crippen LogP contribution in [-0.2, 0) is 10.0 Å². The molecule has 6 heteroatoms. The molecule has 0 amide bonds. The Bertz CT molecular complexity index is 950. The van der Waals surface area contributed by atoms with Gasteiger partial charge in [0.05, 0.1) is 16.3 Å². The van der Waals surface area contributed by atoms with E-state index in [4.69, 9.17) is 4.74 Å². The van der Waals surface area contributed by atoms with Crippen molar-refractivity contribution < 1.29 is 13.2 Å². The van der Waals surface area contributed by atoms with E-state index >= 15 is 0 Å². The van der Waals surface area contributed by atoms with Crippen molar-refractivity contribution in [1.82, 2.24) is 8.96 Å². The smallest absolute Gasteiger partial charge is 0.268 e. The van der Waals surface area contributed by atoms with Gasteiger partial charge in [0, 0.05) is 18.5 Å². The lowest BCUT2D eigenvalue weighted by Crippen LogP contribution is -2.13. The first kappa shape index (κ1) is 16.1. The van der Waals surface area contributed by atoms with E-state index in [1.165, 1.54) is 10.2 Å². The Morgan fingerprint density at radius 1 is 1.25 bits per heavy atom. The minimum atomic E-state index is -3.66. The van der Waals surface area contributed by atoms with E-state index in [9.17, 15) is 8.42 Å². The monoisotopic (exact) mass is 342 g/mol. The lowest BCUT2D eigenvalue weighted by Gasteiger charge is -2.10. The van der Waals surface area contributed by atoms with Gasteiger partial charge < -0.3 is 9.72 Å². The molecular formula is C18H18N2O3S. The van der Waals surface area contributed by atoms with Crippen molar-refractivity contribution in [2.24, 2.45) is 0 Å². The Kier molecular flexibility index (Phi) is 4.31. The van der Waals surface area contributed by atoms with Gasteiger partial charge in [-0.25, -0.2) is 12.4 Å². The molecule has 0 aliphatic heterocycles. The Hall–Kier alpha value is -2.73. The third kappa shape index (κ3) is 3.00. The molecule has 5 nitrogen and oxygen atoms in total. The highest BCUT2D eigenvalue weighted by atomic mass is 32.2. The molecule has 24 heavy (non-hydrogen) atoms. The van der Waals surface area contributed by atoms with Crippen LogP contribution in [0.4, 0.5) is 0 Å². The van der Waals surface area contributed by atoms with Gasteiger partial charge in [-0.3, -0.25) is 0 Å².